The molecule has 31 heavy (non-hydrogen) atoms. The highest BCUT2D eigenvalue weighted by Gasteiger charge is 2.28. The van der Waals surface area contributed by atoms with Gasteiger partial charge >= 0.3 is 5.97 Å². The Labute approximate surface area is 187 Å². The molecule has 0 bridgehead atoms. The largest absolute Gasteiger partial charge is 0.538 e. The molecule has 3 aromatic rings. The number of ether oxygens (including phenoxy) is 1. The summed E-state index contributed by atoms with van der Waals surface area (Å²) in [6, 6.07) is 9.06. The van der Waals surface area contributed by atoms with E-state index in [0.717, 1.165) is 47.9 Å². The first-order valence-electron chi connectivity index (χ1n) is 9.97. The second-order valence-corrected chi connectivity index (χ2v) is 8.95. The van der Waals surface area contributed by atoms with E-state index in [-0.39, 0.29) is 23.3 Å². The first kappa shape index (κ1) is 21.4. The number of fused-ring (bicyclic) bond motifs is 1. The second-order valence-electron chi connectivity index (χ2n) is 6.89. The van der Waals surface area contributed by atoms with Gasteiger partial charge in [0.1, 0.15) is 5.00 Å². The van der Waals surface area contributed by atoms with Crippen LogP contribution in [0.25, 0.3) is 5.69 Å². The van der Waals surface area contributed by atoms with Crippen molar-refractivity contribution in [3.8, 4) is 11.6 Å². The number of aromatic nitrogens is 2. The summed E-state index contributed by atoms with van der Waals surface area (Å²) in [6.45, 7) is 2.03. The second kappa shape index (κ2) is 9.52. The molecule has 2 heterocycles. The zero-order chi connectivity index (χ0) is 21.8. The molecule has 0 unspecified atom stereocenters. The molecule has 0 radical (unpaired) electrons. The van der Waals surface area contributed by atoms with Crippen LogP contribution in [0.1, 0.15) is 40.6 Å². The van der Waals surface area contributed by atoms with Crippen LogP contribution in [-0.2, 0) is 22.4 Å². The maximum atomic E-state index is 12.7. The fraction of sp³-hybridized carbons (Fsp3) is 0.333. The monoisotopic (exact) mass is 459 g/mol. The van der Waals surface area contributed by atoms with Crippen LogP contribution >= 0.6 is 23.1 Å². The summed E-state index contributed by atoms with van der Waals surface area (Å²) >= 11 is 2.46. The summed E-state index contributed by atoms with van der Waals surface area (Å²) < 4.78 is 11.4. The quantitative estimate of drug-likeness (QED) is 0.329. The minimum absolute atomic E-state index is 0.0336. The van der Waals surface area contributed by atoms with Gasteiger partial charge in [-0.15, -0.1) is 11.3 Å². The van der Waals surface area contributed by atoms with Gasteiger partial charge in [0.25, 0.3) is 5.03 Å². The minimum Gasteiger partial charge on any atom is -0.538 e. The summed E-state index contributed by atoms with van der Waals surface area (Å²) in [4.78, 5) is 26.3. The molecule has 0 saturated heterocycles. The van der Waals surface area contributed by atoms with Crippen LogP contribution in [0.3, 0.4) is 0 Å². The standard InChI is InChI=1S/C21H21N3O5S2/c1-2-28-20(26)17-14-10-6-7-11-15(14)31-18(17)22-16(25)12-30-19-21(27)29-23-24(19)13-8-4-3-5-9-13/h3-5,8-9H,2,6-7,10-12H2,1H3,(H-,22,23,25,26,27). The molecule has 1 aliphatic rings. The molecule has 4 rings (SSSR count). The molecule has 0 aliphatic heterocycles. The molecule has 0 spiro atoms. The lowest BCUT2D eigenvalue weighted by Crippen LogP contribution is -2.35. The summed E-state index contributed by atoms with van der Waals surface area (Å²) in [6.07, 6.45) is 3.78. The Morgan fingerprint density at radius 2 is 2.06 bits per heavy atom. The Kier molecular flexibility index (Phi) is 6.57. The van der Waals surface area contributed by atoms with Gasteiger partial charge in [0.15, 0.2) is 5.95 Å². The maximum absolute atomic E-state index is 12.7. The predicted octanol–water partition coefficient (Wildman–Crippen LogP) is 2.87. The Hall–Kier alpha value is -2.85. The predicted molar refractivity (Wildman–Crippen MR) is 114 cm³/mol. The van der Waals surface area contributed by atoms with Crippen LogP contribution < -0.4 is 15.1 Å². The van der Waals surface area contributed by atoms with Gasteiger partial charge < -0.3 is 19.7 Å². The number of nitrogens with zero attached hydrogens (tertiary/aromatic N) is 2. The lowest BCUT2D eigenvalue weighted by Gasteiger charge is -2.12. The van der Waals surface area contributed by atoms with Crippen LogP contribution in [0.4, 0.5) is 5.00 Å². The van der Waals surface area contributed by atoms with E-state index in [9.17, 15) is 14.7 Å². The Morgan fingerprint density at radius 1 is 1.29 bits per heavy atom. The van der Waals surface area contributed by atoms with E-state index in [1.165, 1.54) is 16.0 Å². The lowest BCUT2D eigenvalue weighted by atomic mass is 9.95. The van der Waals surface area contributed by atoms with E-state index >= 15 is 0 Å². The number of esters is 1. The first-order chi connectivity index (χ1) is 15.1. The SMILES string of the molecule is CCOC(=O)c1c(NC(=O)CSc2c([O-])on[n+]2-c2ccccc2)sc2c1CCCC2. The molecule has 10 heteroatoms. The highest BCUT2D eigenvalue weighted by atomic mass is 32.2. The zero-order valence-corrected chi connectivity index (χ0v) is 18.5. The topological polar surface area (TPSA) is 108 Å². The molecule has 0 fully saturated rings. The van der Waals surface area contributed by atoms with Crippen LogP contribution in [0.15, 0.2) is 39.9 Å². The summed E-state index contributed by atoms with van der Waals surface area (Å²) in [7, 11) is 0. The number of thiophene rings is 1. The number of carbonyl (C=O) groups is 2. The van der Waals surface area contributed by atoms with Crippen LogP contribution in [0, 0.1) is 0 Å². The summed E-state index contributed by atoms with van der Waals surface area (Å²) in [5.41, 5.74) is 2.11. The van der Waals surface area contributed by atoms with Crippen molar-refractivity contribution in [2.24, 2.45) is 0 Å². The van der Waals surface area contributed by atoms with Crippen molar-refractivity contribution in [1.29, 1.82) is 0 Å². The van der Waals surface area contributed by atoms with Crippen LogP contribution in [0.5, 0.6) is 5.95 Å². The highest BCUT2D eigenvalue weighted by Crippen LogP contribution is 2.38. The molecule has 1 aromatic carbocycles. The Bertz CT molecular complexity index is 1090. The van der Waals surface area contributed by atoms with E-state index in [1.54, 1.807) is 19.1 Å². The van der Waals surface area contributed by atoms with Gasteiger partial charge in [-0.05, 0) is 54.6 Å². The van der Waals surface area contributed by atoms with Crippen molar-refractivity contribution in [3.63, 3.8) is 0 Å². The van der Waals surface area contributed by atoms with Gasteiger partial charge in [-0.3, -0.25) is 4.79 Å². The van der Waals surface area contributed by atoms with Gasteiger partial charge in [-0.2, -0.15) is 0 Å². The van der Waals surface area contributed by atoms with Gasteiger partial charge in [-0.25, -0.2) is 4.79 Å². The summed E-state index contributed by atoms with van der Waals surface area (Å²) in [5.74, 6) is -1.38. The van der Waals surface area contributed by atoms with E-state index in [1.807, 2.05) is 18.2 Å². The average Bonchev–Trinajstić information content (AvgIpc) is 3.32. The number of anilines is 1. The average molecular weight is 460 g/mol. The van der Waals surface area contributed by atoms with Gasteiger partial charge in [0.2, 0.25) is 11.6 Å². The highest BCUT2D eigenvalue weighted by molar-refractivity contribution is 7.99. The number of hydrogen-bond donors (Lipinski definition) is 1. The van der Waals surface area contributed by atoms with Crippen molar-refractivity contribution in [2.75, 3.05) is 17.7 Å². The van der Waals surface area contributed by atoms with Gasteiger partial charge in [0, 0.05) is 17.0 Å². The Morgan fingerprint density at radius 3 is 2.84 bits per heavy atom. The minimum atomic E-state index is -0.611. The van der Waals surface area contributed by atoms with E-state index in [0.29, 0.717) is 16.3 Å². The zero-order valence-electron chi connectivity index (χ0n) is 16.9. The molecule has 2 aromatic heterocycles. The lowest BCUT2D eigenvalue weighted by molar-refractivity contribution is -0.705. The molecule has 8 nitrogen and oxygen atoms in total. The number of para-hydroxylation sites is 1. The normalized spacial score (nSPS) is 12.9. The van der Waals surface area contributed by atoms with Crippen molar-refractivity contribution < 1.29 is 28.6 Å². The summed E-state index contributed by atoms with van der Waals surface area (Å²) in [5, 5.41) is 19.4. The molecule has 1 amide bonds. The molecule has 1 N–H and O–H groups in total. The molecule has 162 valence electrons. The number of aryl methyl sites for hydroxylation is 1. The number of carbonyl (C=O) groups excluding carboxylic acids is 2. The number of amides is 1. The van der Waals surface area contributed by atoms with Crippen molar-refractivity contribution in [1.82, 2.24) is 5.27 Å². The fourth-order valence-corrected chi connectivity index (χ4v) is 5.51. The number of thioether (sulfide) groups is 1. The van der Waals surface area contributed by atoms with Crippen LogP contribution in [-0.4, -0.2) is 29.5 Å². The van der Waals surface area contributed by atoms with Gasteiger partial charge in [0.05, 0.1) is 23.2 Å². The van der Waals surface area contributed by atoms with Crippen LogP contribution in [0.2, 0.25) is 0 Å². The number of benzene rings is 1. The number of nitrogens with one attached hydrogen (secondary N) is 1. The third kappa shape index (κ3) is 4.59. The molecular weight excluding hydrogens is 438 g/mol. The van der Waals surface area contributed by atoms with Gasteiger partial charge in [-0.1, -0.05) is 18.2 Å². The third-order valence-corrected chi connectivity index (χ3v) is 7.04. The smallest absolute Gasteiger partial charge is 0.341 e. The van der Waals surface area contributed by atoms with Crippen molar-refractivity contribution >= 4 is 40.0 Å². The van der Waals surface area contributed by atoms with E-state index in [2.05, 4.69) is 10.6 Å². The first-order valence-corrected chi connectivity index (χ1v) is 11.8. The number of hydrogen-bond acceptors (Lipinski definition) is 8. The Balaban J connectivity index is 1.50. The molecule has 0 saturated carbocycles. The third-order valence-electron chi connectivity index (χ3n) is 4.82. The molecule has 1 aliphatic carbocycles. The number of rotatable bonds is 7. The van der Waals surface area contributed by atoms with E-state index < -0.39 is 11.9 Å². The van der Waals surface area contributed by atoms with Crippen molar-refractivity contribution in [3.05, 3.63) is 46.3 Å². The van der Waals surface area contributed by atoms with Crippen molar-refractivity contribution in [2.45, 2.75) is 37.6 Å². The van der Waals surface area contributed by atoms with E-state index in [4.69, 9.17) is 9.26 Å². The molecular formula is C21H21N3O5S2. The fourth-order valence-electron chi connectivity index (χ4n) is 3.46. The molecule has 0 atom stereocenters. The maximum Gasteiger partial charge on any atom is 0.341 e.